The Morgan fingerprint density at radius 3 is 2.65 bits per heavy atom. The summed E-state index contributed by atoms with van der Waals surface area (Å²) >= 11 is 6.02. The van der Waals surface area contributed by atoms with Crippen LogP contribution in [-0.2, 0) is 4.79 Å². The Kier molecular flexibility index (Phi) is 5.82. The van der Waals surface area contributed by atoms with Gasteiger partial charge < -0.3 is 15.3 Å². The van der Waals surface area contributed by atoms with Crippen LogP contribution >= 0.6 is 11.6 Å². The summed E-state index contributed by atoms with van der Waals surface area (Å²) in [7, 11) is 0. The number of aryl methyl sites for hydroxylation is 1. The Balaban J connectivity index is 2.82. The zero-order valence-electron chi connectivity index (χ0n) is 11.8. The van der Waals surface area contributed by atoms with E-state index in [4.69, 9.17) is 16.7 Å². The van der Waals surface area contributed by atoms with Crippen molar-refractivity contribution in [2.24, 2.45) is 0 Å². The number of rotatable bonds is 5. The van der Waals surface area contributed by atoms with Gasteiger partial charge in [-0.1, -0.05) is 17.7 Å². The lowest BCUT2D eigenvalue weighted by Gasteiger charge is -2.27. The fraction of sp³-hybridized carbons (Fsp3) is 0.429. The van der Waals surface area contributed by atoms with Gasteiger partial charge in [0.2, 0.25) is 0 Å². The van der Waals surface area contributed by atoms with Crippen molar-refractivity contribution in [3.05, 3.63) is 28.8 Å². The number of carboxylic acid groups (broad SMARTS) is 1. The molecule has 0 aromatic heterocycles. The fourth-order valence-electron chi connectivity index (χ4n) is 1.94. The molecule has 0 fully saturated rings. The van der Waals surface area contributed by atoms with E-state index in [-0.39, 0.29) is 18.5 Å². The van der Waals surface area contributed by atoms with Crippen molar-refractivity contribution in [1.82, 2.24) is 4.90 Å². The SMILES string of the molecule is CCN(C(=O)Nc1cc(C)ccc1Cl)C(C)CC(=O)O. The number of carboxylic acids is 1. The molecule has 0 aliphatic heterocycles. The molecule has 1 unspecified atom stereocenters. The Morgan fingerprint density at radius 2 is 2.10 bits per heavy atom. The molecule has 0 spiro atoms. The molecule has 0 bridgehead atoms. The Morgan fingerprint density at radius 1 is 1.45 bits per heavy atom. The highest BCUT2D eigenvalue weighted by molar-refractivity contribution is 6.33. The average Bonchev–Trinajstić information content (AvgIpc) is 2.33. The smallest absolute Gasteiger partial charge is 0.322 e. The summed E-state index contributed by atoms with van der Waals surface area (Å²) in [6.07, 6.45) is -0.0944. The summed E-state index contributed by atoms with van der Waals surface area (Å²) in [6.45, 7) is 5.82. The maximum absolute atomic E-state index is 12.2. The van der Waals surface area contributed by atoms with Gasteiger partial charge in [0, 0.05) is 12.6 Å². The van der Waals surface area contributed by atoms with Gasteiger partial charge in [0.25, 0.3) is 0 Å². The first-order valence-corrected chi connectivity index (χ1v) is 6.78. The van der Waals surface area contributed by atoms with Crippen LogP contribution in [0.5, 0.6) is 0 Å². The molecule has 1 aromatic rings. The molecule has 20 heavy (non-hydrogen) atoms. The Labute approximate surface area is 123 Å². The monoisotopic (exact) mass is 298 g/mol. The maximum Gasteiger partial charge on any atom is 0.322 e. The molecule has 6 heteroatoms. The quantitative estimate of drug-likeness (QED) is 0.875. The van der Waals surface area contributed by atoms with E-state index in [9.17, 15) is 9.59 Å². The number of nitrogens with one attached hydrogen (secondary N) is 1. The van der Waals surface area contributed by atoms with Crippen LogP contribution in [0.2, 0.25) is 5.02 Å². The minimum Gasteiger partial charge on any atom is -0.481 e. The van der Waals surface area contributed by atoms with Crippen molar-refractivity contribution in [3.63, 3.8) is 0 Å². The molecule has 0 radical (unpaired) electrons. The minimum absolute atomic E-state index is 0.0944. The number of nitrogens with zero attached hydrogens (tertiary/aromatic N) is 1. The summed E-state index contributed by atoms with van der Waals surface area (Å²) in [5, 5.41) is 12.0. The number of aliphatic carboxylic acids is 1. The first-order valence-electron chi connectivity index (χ1n) is 6.40. The predicted octanol–water partition coefficient (Wildman–Crippen LogP) is 3.37. The number of carbonyl (C=O) groups is 2. The van der Waals surface area contributed by atoms with Crippen LogP contribution in [0.25, 0.3) is 0 Å². The molecular weight excluding hydrogens is 280 g/mol. The maximum atomic E-state index is 12.2. The number of anilines is 1. The van der Waals surface area contributed by atoms with Gasteiger partial charge in [-0.05, 0) is 38.5 Å². The molecule has 0 aliphatic carbocycles. The van der Waals surface area contributed by atoms with Crippen molar-refractivity contribution < 1.29 is 14.7 Å². The van der Waals surface area contributed by atoms with Gasteiger partial charge >= 0.3 is 12.0 Å². The highest BCUT2D eigenvalue weighted by atomic mass is 35.5. The van der Waals surface area contributed by atoms with Gasteiger partial charge in [0.05, 0.1) is 17.1 Å². The van der Waals surface area contributed by atoms with E-state index in [0.717, 1.165) is 5.56 Å². The number of hydrogen-bond donors (Lipinski definition) is 2. The molecule has 2 N–H and O–H groups in total. The first kappa shape index (κ1) is 16.3. The van der Waals surface area contributed by atoms with Crippen LogP contribution in [-0.4, -0.2) is 34.6 Å². The summed E-state index contributed by atoms with van der Waals surface area (Å²) in [5.41, 5.74) is 1.50. The third-order valence-electron chi connectivity index (χ3n) is 2.97. The van der Waals surface area contributed by atoms with Gasteiger partial charge in [0.1, 0.15) is 0 Å². The fourth-order valence-corrected chi connectivity index (χ4v) is 2.11. The zero-order chi connectivity index (χ0) is 15.3. The summed E-state index contributed by atoms with van der Waals surface area (Å²) in [5.74, 6) is -0.933. The van der Waals surface area contributed by atoms with E-state index >= 15 is 0 Å². The minimum atomic E-state index is -0.933. The second-order valence-electron chi connectivity index (χ2n) is 4.65. The number of urea groups is 1. The van der Waals surface area contributed by atoms with Gasteiger partial charge in [-0.3, -0.25) is 4.79 Å². The van der Waals surface area contributed by atoms with Crippen molar-refractivity contribution in [3.8, 4) is 0 Å². The van der Waals surface area contributed by atoms with Gasteiger partial charge in [-0.2, -0.15) is 0 Å². The summed E-state index contributed by atoms with van der Waals surface area (Å²) in [4.78, 5) is 24.4. The standard InChI is InChI=1S/C14H19ClN2O3/c1-4-17(10(3)8-13(18)19)14(20)16-12-7-9(2)5-6-11(12)15/h5-7,10H,4,8H2,1-3H3,(H,16,20)(H,18,19). The molecule has 2 amide bonds. The molecular formula is C14H19ClN2O3. The van der Waals surface area contributed by atoms with Crippen LogP contribution in [0, 0.1) is 6.92 Å². The average molecular weight is 299 g/mol. The van der Waals surface area contributed by atoms with Crippen molar-refractivity contribution in [1.29, 1.82) is 0 Å². The molecule has 5 nitrogen and oxygen atoms in total. The molecule has 0 heterocycles. The molecule has 110 valence electrons. The first-order chi connectivity index (χ1) is 9.35. The van der Waals surface area contributed by atoms with Crippen molar-refractivity contribution >= 4 is 29.3 Å². The summed E-state index contributed by atoms with van der Waals surface area (Å²) in [6, 6.07) is 4.59. The number of halogens is 1. The topological polar surface area (TPSA) is 69.6 Å². The van der Waals surface area contributed by atoms with E-state index in [1.165, 1.54) is 4.90 Å². The number of benzene rings is 1. The Hall–Kier alpha value is -1.75. The second-order valence-corrected chi connectivity index (χ2v) is 5.05. The zero-order valence-corrected chi connectivity index (χ0v) is 12.6. The van der Waals surface area contributed by atoms with Gasteiger partial charge in [-0.25, -0.2) is 4.79 Å². The molecule has 0 saturated heterocycles. The van der Waals surface area contributed by atoms with Crippen LogP contribution in [0.15, 0.2) is 18.2 Å². The van der Waals surface area contributed by atoms with E-state index in [0.29, 0.717) is 17.3 Å². The largest absolute Gasteiger partial charge is 0.481 e. The third kappa shape index (κ3) is 4.42. The predicted molar refractivity (Wildman–Crippen MR) is 79.3 cm³/mol. The highest BCUT2D eigenvalue weighted by Gasteiger charge is 2.21. The molecule has 0 aliphatic rings. The van der Waals surface area contributed by atoms with E-state index in [1.807, 2.05) is 13.0 Å². The van der Waals surface area contributed by atoms with Gasteiger partial charge in [0.15, 0.2) is 0 Å². The number of hydrogen-bond acceptors (Lipinski definition) is 2. The second kappa shape index (κ2) is 7.14. The van der Waals surface area contributed by atoms with Crippen molar-refractivity contribution in [2.45, 2.75) is 33.2 Å². The van der Waals surface area contributed by atoms with Crippen LogP contribution in [0.4, 0.5) is 10.5 Å². The van der Waals surface area contributed by atoms with Crippen LogP contribution in [0.1, 0.15) is 25.8 Å². The number of carbonyl (C=O) groups excluding carboxylic acids is 1. The lowest BCUT2D eigenvalue weighted by atomic mass is 10.2. The molecule has 1 atom stereocenters. The lowest BCUT2D eigenvalue weighted by molar-refractivity contribution is -0.137. The van der Waals surface area contributed by atoms with Crippen LogP contribution < -0.4 is 5.32 Å². The summed E-state index contributed by atoms with van der Waals surface area (Å²) < 4.78 is 0. The molecule has 0 saturated carbocycles. The van der Waals surface area contributed by atoms with E-state index < -0.39 is 5.97 Å². The van der Waals surface area contributed by atoms with E-state index in [2.05, 4.69) is 5.32 Å². The normalized spacial score (nSPS) is 11.8. The number of amides is 2. The van der Waals surface area contributed by atoms with Crippen LogP contribution in [0.3, 0.4) is 0 Å². The third-order valence-corrected chi connectivity index (χ3v) is 3.30. The lowest BCUT2D eigenvalue weighted by Crippen LogP contribution is -2.42. The van der Waals surface area contributed by atoms with E-state index in [1.54, 1.807) is 26.0 Å². The molecule has 1 aromatic carbocycles. The van der Waals surface area contributed by atoms with Gasteiger partial charge in [-0.15, -0.1) is 0 Å². The molecule has 1 rings (SSSR count). The highest BCUT2D eigenvalue weighted by Crippen LogP contribution is 2.23. The van der Waals surface area contributed by atoms with Crippen molar-refractivity contribution in [2.75, 3.05) is 11.9 Å². The Bertz CT molecular complexity index is 505.